The first-order valence-electron chi connectivity index (χ1n) is 11.7. The minimum atomic E-state index is -0.411. The molecule has 2 heterocycles. The van der Waals surface area contributed by atoms with Crippen LogP contribution in [0.1, 0.15) is 25.3 Å². The van der Waals surface area contributed by atoms with Gasteiger partial charge >= 0.3 is 0 Å². The molecule has 0 bridgehead atoms. The zero-order valence-electron chi connectivity index (χ0n) is 19.5. The number of para-hydroxylation sites is 1. The molecule has 0 aromatic heterocycles. The summed E-state index contributed by atoms with van der Waals surface area (Å²) in [5.74, 6) is -0.991. The van der Waals surface area contributed by atoms with Crippen LogP contribution in [0.5, 0.6) is 0 Å². The van der Waals surface area contributed by atoms with Gasteiger partial charge in [-0.15, -0.1) is 0 Å². The molecule has 3 aromatic carbocycles. The summed E-state index contributed by atoms with van der Waals surface area (Å²) in [5.41, 5.74) is 4.10. The number of amides is 3. The van der Waals surface area contributed by atoms with E-state index in [4.69, 9.17) is 0 Å². The van der Waals surface area contributed by atoms with Gasteiger partial charge < -0.3 is 15.5 Å². The number of benzene rings is 3. The quantitative estimate of drug-likeness (QED) is 0.517. The van der Waals surface area contributed by atoms with Crippen LogP contribution in [-0.4, -0.2) is 30.8 Å². The molecule has 1 saturated heterocycles. The molecule has 0 spiro atoms. The minimum absolute atomic E-state index is 0.181. The van der Waals surface area contributed by atoms with Gasteiger partial charge in [0.25, 0.3) is 11.8 Å². The molecule has 3 aromatic rings. The van der Waals surface area contributed by atoms with Crippen molar-refractivity contribution in [1.82, 2.24) is 0 Å². The Balaban J connectivity index is 1.50. The Labute approximate surface area is 204 Å². The summed E-state index contributed by atoms with van der Waals surface area (Å²) in [6.07, 6.45) is 2.39. The number of rotatable bonds is 6. The van der Waals surface area contributed by atoms with Crippen molar-refractivity contribution in [3.63, 3.8) is 0 Å². The number of imide groups is 1. The maximum absolute atomic E-state index is 13.5. The molecule has 0 unspecified atom stereocenters. The lowest BCUT2D eigenvalue weighted by atomic mass is 10.0. The second kappa shape index (κ2) is 9.46. The molecule has 35 heavy (non-hydrogen) atoms. The summed E-state index contributed by atoms with van der Waals surface area (Å²) in [6.45, 7) is 3.54. The van der Waals surface area contributed by atoms with Crippen LogP contribution in [0, 0.1) is 0 Å². The van der Waals surface area contributed by atoms with E-state index in [1.807, 2.05) is 30.3 Å². The molecule has 0 aliphatic carbocycles. The molecular formula is C28H26N4O3. The number of carbonyl (C=O) groups excluding carboxylic acids is 3. The smallest absolute Gasteiger partial charge is 0.282 e. The standard InChI is InChI=1S/C28H26N4O3/c1-19(33)29-21-11-9-20(10-12-21)25-26(28(35)32(27(25)34)24-7-3-2-4-8-24)30-22-13-15-23(16-14-22)31-17-5-6-18-31/h2-4,7-16,30H,5-6,17-18H2,1H3,(H,29,33). The Morgan fingerprint density at radius 1 is 0.743 bits per heavy atom. The Morgan fingerprint density at radius 2 is 1.37 bits per heavy atom. The van der Waals surface area contributed by atoms with Gasteiger partial charge in [0.05, 0.1) is 11.3 Å². The second-order valence-corrected chi connectivity index (χ2v) is 8.66. The van der Waals surface area contributed by atoms with Gasteiger partial charge in [-0.3, -0.25) is 14.4 Å². The van der Waals surface area contributed by atoms with Crippen LogP contribution in [-0.2, 0) is 14.4 Å². The van der Waals surface area contributed by atoms with Gasteiger partial charge in [0, 0.05) is 37.1 Å². The van der Waals surface area contributed by atoms with Crippen molar-refractivity contribution < 1.29 is 14.4 Å². The predicted molar refractivity (Wildman–Crippen MR) is 138 cm³/mol. The van der Waals surface area contributed by atoms with Crippen LogP contribution in [0.15, 0.2) is 84.6 Å². The molecule has 7 nitrogen and oxygen atoms in total. The zero-order chi connectivity index (χ0) is 24.4. The minimum Gasteiger partial charge on any atom is -0.372 e. The normalized spacial score (nSPS) is 15.7. The van der Waals surface area contributed by atoms with E-state index in [9.17, 15) is 14.4 Å². The van der Waals surface area contributed by atoms with Crippen LogP contribution >= 0.6 is 0 Å². The van der Waals surface area contributed by atoms with Crippen molar-refractivity contribution >= 4 is 46.0 Å². The van der Waals surface area contributed by atoms with Crippen molar-refractivity contribution in [2.24, 2.45) is 0 Å². The molecule has 2 aliphatic heterocycles. The van der Waals surface area contributed by atoms with Gasteiger partial charge in [-0.2, -0.15) is 0 Å². The molecule has 2 N–H and O–H groups in total. The highest BCUT2D eigenvalue weighted by Gasteiger charge is 2.40. The lowest BCUT2D eigenvalue weighted by Crippen LogP contribution is -2.32. The average Bonchev–Trinajstić information content (AvgIpc) is 3.48. The molecule has 1 fully saturated rings. The molecular weight excluding hydrogens is 440 g/mol. The number of carbonyl (C=O) groups is 3. The Morgan fingerprint density at radius 3 is 2.00 bits per heavy atom. The van der Waals surface area contributed by atoms with Gasteiger partial charge in [0.15, 0.2) is 0 Å². The van der Waals surface area contributed by atoms with Gasteiger partial charge in [-0.05, 0) is 66.9 Å². The summed E-state index contributed by atoms with van der Waals surface area (Å²) in [5, 5.41) is 5.93. The fraction of sp³-hybridized carbons (Fsp3) is 0.179. The topological polar surface area (TPSA) is 81.8 Å². The van der Waals surface area contributed by atoms with Crippen LogP contribution in [0.25, 0.3) is 5.57 Å². The first-order chi connectivity index (χ1) is 17.0. The molecule has 3 amide bonds. The molecule has 0 radical (unpaired) electrons. The van der Waals surface area contributed by atoms with Gasteiger partial charge in [0.2, 0.25) is 5.91 Å². The van der Waals surface area contributed by atoms with Crippen LogP contribution in [0.3, 0.4) is 0 Å². The van der Waals surface area contributed by atoms with Crippen molar-refractivity contribution in [1.29, 1.82) is 0 Å². The average molecular weight is 467 g/mol. The van der Waals surface area contributed by atoms with E-state index in [2.05, 4.69) is 15.5 Å². The Kier molecular flexibility index (Phi) is 6.06. The van der Waals surface area contributed by atoms with Crippen molar-refractivity contribution in [3.8, 4) is 0 Å². The third kappa shape index (κ3) is 4.53. The summed E-state index contributed by atoms with van der Waals surface area (Å²) < 4.78 is 0. The van der Waals surface area contributed by atoms with Gasteiger partial charge in [0.1, 0.15) is 5.70 Å². The maximum Gasteiger partial charge on any atom is 0.282 e. The summed E-state index contributed by atoms with van der Waals surface area (Å²) in [6, 6.07) is 23.7. The van der Waals surface area contributed by atoms with E-state index < -0.39 is 11.8 Å². The van der Waals surface area contributed by atoms with E-state index in [-0.39, 0.29) is 17.2 Å². The fourth-order valence-electron chi connectivity index (χ4n) is 4.52. The Bertz CT molecular complexity index is 1290. The zero-order valence-corrected chi connectivity index (χ0v) is 19.5. The van der Waals surface area contributed by atoms with Crippen molar-refractivity contribution in [3.05, 3.63) is 90.1 Å². The third-order valence-corrected chi connectivity index (χ3v) is 6.20. The van der Waals surface area contributed by atoms with E-state index in [1.165, 1.54) is 24.7 Å². The maximum atomic E-state index is 13.5. The number of hydrogen-bond donors (Lipinski definition) is 2. The molecule has 5 rings (SSSR count). The monoisotopic (exact) mass is 466 g/mol. The van der Waals surface area contributed by atoms with Gasteiger partial charge in [-0.1, -0.05) is 30.3 Å². The number of nitrogens with one attached hydrogen (secondary N) is 2. The van der Waals surface area contributed by atoms with E-state index in [0.29, 0.717) is 16.9 Å². The van der Waals surface area contributed by atoms with Crippen LogP contribution in [0.4, 0.5) is 22.7 Å². The SMILES string of the molecule is CC(=O)Nc1ccc(C2=C(Nc3ccc(N4CCCC4)cc3)C(=O)N(c3ccccc3)C2=O)cc1. The molecule has 0 saturated carbocycles. The lowest BCUT2D eigenvalue weighted by Gasteiger charge is -2.18. The summed E-state index contributed by atoms with van der Waals surface area (Å²) in [4.78, 5) is 42.0. The van der Waals surface area contributed by atoms with Gasteiger partial charge in [-0.25, -0.2) is 4.90 Å². The predicted octanol–water partition coefficient (Wildman–Crippen LogP) is 4.64. The van der Waals surface area contributed by atoms with E-state index >= 15 is 0 Å². The molecule has 0 atom stereocenters. The highest BCUT2D eigenvalue weighted by Crippen LogP contribution is 2.34. The van der Waals surface area contributed by atoms with Crippen LogP contribution in [0.2, 0.25) is 0 Å². The highest BCUT2D eigenvalue weighted by molar-refractivity contribution is 6.46. The largest absolute Gasteiger partial charge is 0.372 e. The first-order valence-corrected chi connectivity index (χ1v) is 11.7. The first kappa shape index (κ1) is 22.4. The van der Waals surface area contributed by atoms with E-state index in [1.54, 1.807) is 48.5 Å². The number of hydrogen-bond acceptors (Lipinski definition) is 5. The van der Waals surface area contributed by atoms with Crippen LogP contribution < -0.4 is 20.4 Å². The number of anilines is 4. The lowest BCUT2D eigenvalue weighted by molar-refractivity contribution is -0.120. The highest BCUT2D eigenvalue weighted by atomic mass is 16.2. The van der Waals surface area contributed by atoms with E-state index in [0.717, 1.165) is 24.5 Å². The summed E-state index contributed by atoms with van der Waals surface area (Å²) >= 11 is 0. The number of nitrogens with zero attached hydrogens (tertiary/aromatic N) is 2. The molecule has 7 heteroatoms. The fourth-order valence-corrected chi connectivity index (χ4v) is 4.52. The third-order valence-electron chi connectivity index (χ3n) is 6.20. The summed E-state index contributed by atoms with van der Waals surface area (Å²) in [7, 11) is 0. The second-order valence-electron chi connectivity index (χ2n) is 8.66. The molecule has 2 aliphatic rings. The Hall–Kier alpha value is -4.39. The van der Waals surface area contributed by atoms with Crippen molar-refractivity contribution in [2.75, 3.05) is 33.5 Å². The van der Waals surface area contributed by atoms with Crippen molar-refractivity contribution in [2.45, 2.75) is 19.8 Å². The molecule has 176 valence electrons.